The highest BCUT2D eigenvalue weighted by Gasteiger charge is 2.09. The van der Waals surface area contributed by atoms with Gasteiger partial charge in [0.1, 0.15) is 5.75 Å². The van der Waals surface area contributed by atoms with E-state index in [9.17, 15) is 4.79 Å². The second kappa shape index (κ2) is 9.90. The second-order valence-corrected chi connectivity index (χ2v) is 8.70. The SMILES string of the molecule is COc1ccc(CSCC(=O)Nc2nnc(SCC(C)C)s2)cc1. The van der Waals surface area contributed by atoms with Crippen LogP contribution in [0.25, 0.3) is 0 Å². The predicted octanol–water partition coefficient (Wildman–Crippen LogP) is 4.17. The molecule has 0 bridgehead atoms. The molecule has 5 nitrogen and oxygen atoms in total. The first kappa shape index (κ1) is 19.1. The summed E-state index contributed by atoms with van der Waals surface area (Å²) in [6.07, 6.45) is 0. The van der Waals surface area contributed by atoms with Crippen molar-refractivity contribution >= 4 is 45.9 Å². The number of nitrogens with zero attached hydrogens (tertiary/aromatic N) is 2. The molecule has 1 heterocycles. The summed E-state index contributed by atoms with van der Waals surface area (Å²) in [6, 6.07) is 7.86. The van der Waals surface area contributed by atoms with E-state index in [2.05, 4.69) is 29.4 Å². The topological polar surface area (TPSA) is 64.1 Å². The van der Waals surface area contributed by atoms with Crippen LogP contribution in [0.4, 0.5) is 5.13 Å². The predicted molar refractivity (Wildman–Crippen MR) is 103 cm³/mol. The van der Waals surface area contributed by atoms with Crippen LogP contribution in [-0.4, -0.2) is 34.7 Å². The van der Waals surface area contributed by atoms with E-state index in [0.29, 0.717) is 16.8 Å². The Bertz CT molecular complexity index is 644. The van der Waals surface area contributed by atoms with Gasteiger partial charge in [0, 0.05) is 11.5 Å². The Morgan fingerprint density at radius 1 is 1.29 bits per heavy atom. The number of methoxy groups -OCH3 is 1. The minimum Gasteiger partial charge on any atom is -0.497 e. The summed E-state index contributed by atoms with van der Waals surface area (Å²) in [5, 5.41) is 11.5. The molecule has 0 atom stereocenters. The fraction of sp³-hybridized carbons (Fsp3) is 0.438. The lowest BCUT2D eigenvalue weighted by molar-refractivity contribution is -0.113. The van der Waals surface area contributed by atoms with Crippen LogP contribution in [0.2, 0.25) is 0 Å². The number of carbonyl (C=O) groups is 1. The molecular formula is C16H21N3O2S3. The first-order valence-corrected chi connectivity index (χ1v) is 10.5. The van der Waals surface area contributed by atoms with Gasteiger partial charge in [0.05, 0.1) is 12.9 Å². The van der Waals surface area contributed by atoms with Crippen LogP contribution in [0.15, 0.2) is 28.6 Å². The van der Waals surface area contributed by atoms with Gasteiger partial charge in [0.2, 0.25) is 11.0 Å². The van der Waals surface area contributed by atoms with Crippen molar-refractivity contribution in [3.8, 4) is 5.75 Å². The van der Waals surface area contributed by atoms with Gasteiger partial charge in [0.25, 0.3) is 0 Å². The van der Waals surface area contributed by atoms with Crippen molar-refractivity contribution in [2.75, 3.05) is 23.9 Å². The summed E-state index contributed by atoms with van der Waals surface area (Å²) >= 11 is 4.66. The lowest BCUT2D eigenvalue weighted by Gasteiger charge is -2.04. The number of aromatic nitrogens is 2. The highest BCUT2D eigenvalue weighted by atomic mass is 32.2. The van der Waals surface area contributed by atoms with Gasteiger partial charge in [-0.05, 0) is 23.6 Å². The fourth-order valence-corrected chi connectivity index (χ4v) is 4.23. The van der Waals surface area contributed by atoms with Crippen molar-refractivity contribution in [2.45, 2.75) is 23.9 Å². The number of nitrogens with one attached hydrogen (secondary N) is 1. The highest BCUT2D eigenvalue weighted by molar-refractivity contribution is 8.01. The van der Waals surface area contributed by atoms with Crippen molar-refractivity contribution in [3.63, 3.8) is 0 Å². The van der Waals surface area contributed by atoms with E-state index in [0.717, 1.165) is 27.2 Å². The van der Waals surface area contributed by atoms with Gasteiger partial charge in [-0.25, -0.2) is 0 Å². The number of anilines is 1. The number of carbonyl (C=O) groups excluding carboxylic acids is 1. The zero-order chi connectivity index (χ0) is 17.4. The average molecular weight is 384 g/mol. The molecule has 8 heteroatoms. The Hall–Kier alpha value is -1.25. The monoisotopic (exact) mass is 383 g/mol. The van der Waals surface area contributed by atoms with Crippen LogP contribution in [0.1, 0.15) is 19.4 Å². The third-order valence-electron chi connectivity index (χ3n) is 2.85. The van der Waals surface area contributed by atoms with E-state index in [1.807, 2.05) is 24.3 Å². The molecule has 1 aromatic carbocycles. The third kappa shape index (κ3) is 6.70. The van der Waals surface area contributed by atoms with Crippen LogP contribution in [0.3, 0.4) is 0 Å². The number of ether oxygens (including phenoxy) is 1. The molecule has 0 radical (unpaired) electrons. The summed E-state index contributed by atoms with van der Waals surface area (Å²) in [5.74, 6) is 3.56. The standard InChI is InChI=1S/C16H21N3O2S3/c1-11(2)8-23-16-19-18-15(24-16)17-14(20)10-22-9-12-4-6-13(21-3)7-5-12/h4-7,11H,8-10H2,1-3H3,(H,17,18,20). The van der Waals surface area contributed by atoms with Gasteiger partial charge in [-0.15, -0.1) is 22.0 Å². The summed E-state index contributed by atoms with van der Waals surface area (Å²) in [6.45, 7) is 4.33. The van der Waals surface area contributed by atoms with Crippen molar-refractivity contribution in [3.05, 3.63) is 29.8 Å². The normalized spacial score (nSPS) is 10.8. The van der Waals surface area contributed by atoms with E-state index in [-0.39, 0.29) is 5.91 Å². The Kier molecular flexibility index (Phi) is 7.87. The summed E-state index contributed by atoms with van der Waals surface area (Å²) < 4.78 is 6.02. The molecular weight excluding hydrogens is 362 g/mol. The first-order valence-electron chi connectivity index (χ1n) is 7.53. The Morgan fingerprint density at radius 2 is 2.04 bits per heavy atom. The van der Waals surface area contributed by atoms with Crippen molar-refractivity contribution in [1.82, 2.24) is 10.2 Å². The van der Waals surface area contributed by atoms with Gasteiger partial charge in [-0.3, -0.25) is 10.1 Å². The Morgan fingerprint density at radius 3 is 2.71 bits per heavy atom. The zero-order valence-corrected chi connectivity index (χ0v) is 16.4. The minimum atomic E-state index is -0.0509. The first-order chi connectivity index (χ1) is 11.6. The number of amides is 1. The number of hydrogen-bond acceptors (Lipinski definition) is 7. The molecule has 0 aliphatic rings. The average Bonchev–Trinajstić information content (AvgIpc) is 3.01. The molecule has 130 valence electrons. The van der Waals surface area contributed by atoms with Gasteiger partial charge < -0.3 is 4.74 Å². The van der Waals surface area contributed by atoms with Crippen molar-refractivity contribution < 1.29 is 9.53 Å². The lowest BCUT2D eigenvalue weighted by atomic mass is 10.2. The molecule has 0 saturated heterocycles. The number of hydrogen-bond donors (Lipinski definition) is 1. The maximum absolute atomic E-state index is 12.0. The molecule has 2 rings (SSSR count). The van der Waals surface area contributed by atoms with Crippen LogP contribution in [0.5, 0.6) is 5.75 Å². The van der Waals surface area contributed by atoms with Crippen LogP contribution < -0.4 is 10.1 Å². The molecule has 0 unspecified atom stereocenters. The Balaban J connectivity index is 1.70. The smallest absolute Gasteiger partial charge is 0.236 e. The maximum atomic E-state index is 12.0. The quantitative estimate of drug-likeness (QED) is 0.518. The summed E-state index contributed by atoms with van der Waals surface area (Å²) in [4.78, 5) is 12.0. The molecule has 24 heavy (non-hydrogen) atoms. The van der Waals surface area contributed by atoms with Gasteiger partial charge in [-0.1, -0.05) is 49.1 Å². The molecule has 0 spiro atoms. The van der Waals surface area contributed by atoms with Gasteiger partial charge in [-0.2, -0.15) is 0 Å². The summed E-state index contributed by atoms with van der Waals surface area (Å²) in [7, 11) is 1.65. The highest BCUT2D eigenvalue weighted by Crippen LogP contribution is 2.27. The molecule has 1 aromatic heterocycles. The summed E-state index contributed by atoms with van der Waals surface area (Å²) in [5.41, 5.74) is 1.16. The zero-order valence-electron chi connectivity index (χ0n) is 13.9. The lowest BCUT2D eigenvalue weighted by Crippen LogP contribution is -2.13. The Labute approximate surface area is 155 Å². The van der Waals surface area contributed by atoms with E-state index in [4.69, 9.17) is 4.74 Å². The molecule has 0 fully saturated rings. The van der Waals surface area contributed by atoms with Crippen molar-refractivity contribution in [2.24, 2.45) is 5.92 Å². The number of benzene rings is 1. The second-order valence-electron chi connectivity index (χ2n) is 5.47. The van der Waals surface area contributed by atoms with Gasteiger partial charge >= 0.3 is 0 Å². The molecule has 2 aromatic rings. The van der Waals surface area contributed by atoms with Crippen LogP contribution in [0, 0.1) is 5.92 Å². The molecule has 0 aliphatic carbocycles. The van der Waals surface area contributed by atoms with Gasteiger partial charge in [0.15, 0.2) is 4.34 Å². The van der Waals surface area contributed by atoms with E-state index >= 15 is 0 Å². The number of rotatable bonds is 9. The molecule has 0 aliphatic heterocycles. The third-order valence-corrected chi connectivity index (χ3v) is 6.26. The fourth-order valence-electron chi connectivity index (χ4n) is 1.70. The van der Waals surface area contributed by atoms with E-state index in [1.165, 1.54) is 11.3 Å². The van der Waals surface area contributed by atoms with E-state index < -0.39 is 0 Å². The minimum absolute atomic E-state index is 0.0509. The molecule has 0 saturated carbocycles. The maximum Gasteiger partial charge on any atom is 0.236 e. The van der Waals surface area contributed by atoms with Crippen LogP contribution >= 0.6 is 34.9 Å². The van der Waals surface area contributed by atoms with Crippen molar-refractivity contribution in [1.29, 1.82) is 0 Å². The van der Waals surface area contributed by atoms with E-state index in [1.54, 1.807) is 30.6 Å². The van der Waals surface area contributed by atoms with Crippen LogP contribution in [-0.2, 0) is 10.5 Å². The molecule has 1 amide bonds. The number of thioether (sulfide) groups is 2. The largest absolute Gasteiger partial charge is 0.497 e. The molecule has 1 N–H and O–H groups in total.